The molecule has 1 aliphatic rings. The van der Waals surface area contributed by atoms with Gasteiger partial charge in [-0.25, -0.2) is 0 Å². The van der Waals surface area contributed by atoms with E-state index in [-0.39, 0.29) is 31.4 Å². The Labute approximate surface area is 164 Å². The third-order valence-corrected chi connectivity index (χ3v) is 4.93. The van der Waals surface area contributed by atoms with Crippen LogP contribution in [0.1, 0.15) is 10.4 Å². The number of carbonyl (C=O) groups excluding carboxylic acids is 1. The van der Waals surface area contributed by atoms with Crippen molar-refractivity contribution in [2.75, 3.05) is 19.9 Å². The largest absolute Gasteiger partial charge is 0.454 e. The van der Waals surface area contributed by atoms with E-state index in [9.17, 15) is 9.59 Å². The van der Waals surface area contributed by atoms with E-state index >= 15 is 0 Å². The number of aliphatic hydroxyl groups excluding tert-OH is 1. The molecule has 3 N–H and O–H groups in total. The van der Waals surface area contributed by atoms with E-state index in [1.54, 1.807) is 24.3 Å². The van der Waals surface area contributed by atoms with Gasteiger partial charge in [-0.05, 0) is 48.5 Å². The fourth-order valence-electron chi connectivity index (χ4n) is 3.58. The fourth-order valence-corrected chi connectivity index (χ4v) is 3.58. The molecule has 0 atom stereocenters. The van der Waals surface area contributed by atoms with E-state index in [0.29, 0.717) is 28.1 Å². The van der Waals surface area contributed by atoms with Crippen LogP contribution in [-0.2, 0) is 0 Å². The first kappa shape index (κ1) is 17.3. The second-order valence-corrected chi connectivity index (χ2v) is 6.67. The molecule has 0 saturated heterocycles. The van der Waals surface area contributed by atoms with Gasteiger partial charge in [0.05, 0.1) is 23.3 Å². The van der Waals surface area contributed by atoms with E-state index in [1.807, 2.05) is 28.7 Å². The van der Waals surface area contributed by atoms with Crippen molar-refractivity contribution >= 4 is 22.5 Å². The van der Waals surface area contributed by atoms with Crippen molar-refractivity contribution in [2.24, 2.45) is 0 Å². The Balaban J connectivity index is 1.69. The average Bonchev–Trinajstić information content (AvgIpc) is 3.38. The minimum absolute atomic E-state index is 0.140. The zero-order valence-electron chi connectivity index (χ0n) is 15.3. The number of amides is 1. The van der Waals surface area contributed by atoms with Crippen molar-refractivity contribution in [1.82, 2.24) is 14.7 Å². The summed E-state index contributed by atoms with van der Waals surface area (Å²) >= 11 is 0. The molecule has 0 spiro atoms. The quantitative estimate of drug-likeness (QED) is 0.493. The van der Waals surface area contributed by atoms with Crippen LogP contribution in [0.15, 0.2) is 53.3 Å². The molecule has 3 heterocycles. The smallest absolute Gasteiger partial charge is 0.272 e. The zero-order valence-corrected chi connectivity index (χ0v) is 15.3. The topological polar surface area (TPSA) is 105 Å². The van der Waals surface area contributed by atoms with Gasteiger partial charge in [-0.15, -0.1) is 0 Å². The lowest BCUT2D eigenvalue weighted by atomic mass is 10.1. The van der Waals surface area contributed by atoms with Crippen LogP contribution in [0.2, 0.25) is 0 Å². The number of carbonyl (C=O) groups is 1. The number of rotatable bonds is 4. The van der Waals surface area contributed by atoms with E-state index < -0.39 is 0 Å². The first-order chi connectivity index (χ1) is 14.2. The molecule has 1 amide bonds. The van der Waals surface area contributed by atoms with Crippen LogP contribution in [0.5, 0.6) is 11.5 Å². The average molecular weight is 391 g/mol. The Bertz CT molecular complexity index is 1320. The van der Waals surface area contributed by atoms with Crippen molar-refractivity contribution < 1.29 is 19.4 Å². The van der Waals surface area contributed by atoms with Gasteiger partial charge in [-0.3, -0.25) is 9.59 Å². The molecule has 5 rings (SSSR count). The summed E-state index contributed by atoms with van der Waals surface area (Å²) in [5, 5.41) is 11.5. The highest BCUT2D eigenvalue weighted by atomic mass is 16.7. The lowest BCUT2D eigenvalue weighted by Gasteiger charge is -2.10. The summed E-state index contributed by atoms with van der Waals surface area (Å²) in [6.45, 7) is 0.217. The lowest BCUT2D eigenvalue weighted by molar-refractivity contribution is 0.0945. The third kappa shape index (κ3) is 2.81. The number of nitrogens with one attached hydrogen (secondary N) is 2. The monoisotopic (exact) mass is 391 g/mol. The Hall–Kier alpha value is -3.78. The molecule has 0 bridgehead atoms. The van der Waals surface area contributed by atoms with Gasteiger partial charge in [0.15, 0.2) is 11.5 Å². The highest BCUT2D eigenvalue weighted by molar-refractivity contribution is 5.97. The summed E-state index contributed by atoms with van der Waals surface area (Å²) < 4.78 is 12.7. The second kappa shape index (κ2) is 6.68. The zero-order chi connectivity index (χ0) is 20.0. The molecule has 0 saturated carbocycles. The minimum atomic E-state index is -0.314. The predicted molar refractivity (Wildman–Crippen MR) is 107 cm³/mol. The molecule has 8 nitrogen and oxygen atoms in total. The molecule has 0 aliphatic carbocycles. The van der Waals surface area contributed by atoms with Gasteiger partial charge in [-0.1, -0.05) is 0 Å². The van der Waals surface area contributed by atoms with Crippen LogP contribution in [0.3, 0.4) is 0 Å². The standard InChI is InChI=1S/C21H17N3O5/c25-8-7-22-20(26)13-1-3-16-14(9-13)23-21(27)17-5-4-15(24(16)17)12-2-6-18-19(10-12)29-11-28-18/h1-6,9-10,25H,7-8,11H2,(H,22,26)(H,23,27). The van der Waals surface area contributed by atoms with E-state index in [2.05, 4.69) is 10.3 Å². The van der Waals surface area contributed by atoms with Crippen LogP contribution < -0.4 is 20.3 Å². The molecule has 0 unspecified atom stereocenters. The Kier molecular flexibility index (Phi) is 3.99. The van der Waals surface area contributed by atoms with Crippen molar-refractivity contribution in [3.63, 3.8) is 0 Å². The summed E-state index contributed by atoms with van der Waals surface area (Å²) in [7, 11) is 0. The first-order valence-electron chi connectivity index (χ1n) is 9.12. The SMILES string of the molecule is O=C(NCCO)c1ccc2c(c1)[nH]c(=O)c1ccc(-c3ccc4c(c3)OCO4)n12. The van der Waals surface area contributed by atoms with Gasteiger partial charge in [0, 0.05) is 17.7 Å². The molecule has 2 aromatic carbocycles. The Morgan fingerprint density at radius 2 is 1.90 bits per heavy atom. The van der Waals surface area contributed by atoms with Gasteiger partial charge in [-0.2, -0.15) is 0 Å². The fraction of sp³-hybridized carbons (Fsp3) is 0.143. The van der Waals surface area contributed by atoms with E-state index in [0.717, 1.165) is 16.8 Å². The summed E-state index contributed by atoms with van der Waals surface area (Å²) in [5.41, 5.74) is 3.66. The molecule has 2 aromatic heterocycles. The van der Waals surface area contributed by atoms with Crippen molar-refractivity contribution in [3.8, 4) is 22.8 Å². The number of aliphatic hydroxyl groups is 1. The second-order valence-electron chi connectivity index (χ2n) is 6.67. The van der Waals surface area contributed by atoms with Gasteiger partial charge in [0.1, 0.15) is 5.52 Å². The summed E-state index contributed by atoms with van der Waals surface area (Å²) in [6.07, 6.45) is 0. The number of hydrogen-bond donors (Lipinski definition) is 3. The maximum absolute atomic E-state index is 12.6. The van der Waals surface area contributed by atoms with Crippen LogP contribution in [0.25, 0.3) is 27.8 Å². The maximum Gasteiger partial charge on any atom is 0.272 e. The maximum atomic E-state index is 12.6. The molecular formula is C21H17N3O5. The molecule has 4 aromatic rings. The summed E-state index contributed by atoms with van der Waals surface area (Å²) in [4.78, 5) is 27.7. The highest BCUT2D eigenvalue weighted by Crippen LogP contribution is 2.36. The normalized spacial score (nSPS) is 12.6. The predicted octanol–water partition coefficient (Wildman–Crippen LogP) is 1.90. The minimum Gasteiger partial charge on any atom is -0.454 e. The van der Waals surface area contributed by atoms with Crippen LogP contribution in [0, 0.1) is 0 Å². The molecule has 0 radical (unpaired) electrons. The highest BCUT2D eigenvalue weighted by Gasteiger charge is 2.17. The van der Waals surface area contributed by atoms with Crippen molar-refractivity contribution in [1.29, 1.82) is 0 Å². The molecule has 1 aliphatic heterocycles. The molecular weight excluding hydrogens is 374 g/mol. The van der Waals surface area contributed by atoms with E-state index in [1.165, 1.54) is 0 Å². The number of benzene rings is 2. The molecule has 0 fully saturated rings. The number of fused-ring (bicyclic) bond motifs is 4. The molecule has 29 heavy (non-hydrogen) atoms. The van der Waals surface area contributed by atoms with Crippen LogP contribution in [0.4, 0.5) is 0 Å². The number of hydrogen-bond acceptors (Lipinski definition) is 5. The molecule has 146 valence electrons. The van der Waals surface area contributed by atoms with Crippen molar-refractivity contribution in [2.45, 2.75) is 0 Å². The lowest BCUT2D eigenvalue weighted by Crippen LogP contribution is -2.26. The van der Waals surface area contributed by atoms with Gasteiger partial charge < -0.3 is 29.3 Å². The van der Waals surface area contributed by atoms with E-state index in [4.69, 9.17) is 14.6 Å². The van der Waals surface area contributed by atoms with Crippen LogP contribution >= 0.6 is 0 Å². The Morgan fingerprint density at radius 1 is 1.07 bits per heavy atom. The molecule has 8 heteroatoms. The Morgan fingerprint density at radius 3 is 2.76 bits per heavy atom. The van der Waals surface area contributed by atoms with Gasteiger partial charge in [0.2, 0.25) is 6.79 Å². The van der Waals surface area contributed by atoms with Gasteiger partial charge in [0.25, 0.3) is 11.5 Å². The summed E-state index contributed by atoms with van der Waals surface area (Å²) in [5.74, 6) is 1.04. The first-order valence-corrected chi connectivity index (χ1v) is 9.12. The number of H-pyrrole nitrogens is 1. The number of nitrogens with zero attached hydrogens (tertiary/aromatic N) is 1. The van der Waals surface area contributed by atoms with Crippen LogP contribution in [-0.4, -0.2) is 40.3 Å². The number of aromatic amines is 1. The number of aromatic nitrogens is 2. The van der Waals surface area contributed by atoms with Gasteiger partial charge >= 0.3 is 0 Å². The number of ether oxygens (including phenoxy) is 2. The third-order valence-electron chi connectivity index (χ3n) is 4.93. The van der Waals surface area contributed by atoms with Crippen molar-refractivity contribution in [3.05, 3.63) is 64.4 Å². The summed E-state index contributed by atoms with van der Waals surface area (Å²) in [6, 6.07) is 14.4.